The minimum Gasteiger partial charge on any atom is -0.486 e. The van der Waals surface area contributed by atoms with E-state index in [4.69, 9.17) is 32.4 Å². The number of furan rings is 1. The van der Waals surface area contributed by atoms with Gasteiger partial charge >= 0.3 is 0 Å². The van der Waals surface area contributed by atoms with Gasteiger partial charge in [-0.3, -0.25) is 9.48 Å². The second-order valence-corrected chi connectivity index (χ2v) is 7.36. The molecule has 0 saturated heterocycles. The second kappa shape index (κ2) is 9.07. The molecule has 0 fully saturated rings. The molecule has 0 aliphatic rings. The first-order chi connectivity index (χ1) is 14.5. The maximum absolute atomic E-state index is 12.4. The molecule has 0 radical (unpaired) electrons. The molecule has 30 heavy (non-hydrogen) atoms. The van der Waals surface area contributed by atoms with Crippen molar-refractivity contribution < 1.29 is 13.9 Å². The highest BCUT2D eigenvalue weighted by atomic mass is 35.5. The SMILES string of the molecule is O=C(Nc1ccn(Cc2cccc(Cl)c2)n1)c1ccc(COc2ccc(Cl)cc2)o1. The summed E-state index contributed by atoms with van der Waals surface area (Å²) in [5.74, 6) is 1.40. The Labute approximate surface area is 183 Å². The van der Waals surface area contributed by atoms with Crippen LogP contribution in [0.15, 0.2) is 77.3 Å². The number of benzene rings is 2. The fourth-order valence-corrected chi connectivity index (χ4v) is 3.12. The van der Waals surface area contributed by atoms with E-state index in [1.807, 2.05) is 24.3 Å². The van der Waals surface area contributed by atoms with Crippen LogP contribution in [0.4, 0.5) is 5.82 Å². The van der Waals surface area contributed by atoms with Gasteiger partial charge in [-0.2, -0.15) is 5.10 Å². The Bertz CT molecular complexity index is 1150. The first-order valence-electron chi connectivity index (χ1n) is 9.11. The van der Waals surface area contributed by atoms with Crippen molar-refractivity contribution in [1.82, 2.24) is 9.78 Å². The highest BCUT2D eigenvalue weighted by Gasteiger charge is 2.13. The van der Waals surface area contributed by atoms with Gasteiger partial charge in [0.15, 0.2) is 11.6 Å². The average Bonchev–Trinajstić information content (AvgIpc) is 3.37. The molecular weight excluding hydrogens is 425 g/mol. The molecule has 4 aromatic rings. The largest absolute Gasteiger partial charge is 0.486 e. The molecule has 1 N–H and O–H groups in total. The number of nitrogens with zero attached hydrogens (tertiary/aromatic N) is 2. The normalized spacial score (nSPS) is 10.7. The van der Waals surface area contributed by atoms with Crippen LogP contribution in [0.3, 0.4) is 0 Å². The van der Waals surface area contributed by atoms with E-state index in [-0.39, 0.29) is 18.3 Å². The van der Waals surface area contributed by atoms with Crippen LogP contribution in [-0.2, 0) is 13.2 Å². The van der Waals surface area contributed by atoms with Crippen LogP contribution in [0.5, 0.6) is 5.75 Å². The lowest BCUT2D eigenvalue weighted by atomic mass is 10.2. The number of aromatic nitrogens is 2. The summed E-state index contributed by atoms with van der Waals surface area (Å²) in [5, 5.41) is 8.38. The Hall–Kier alpha value is -3.22. The molecule has 6 nitrogen and oxygen atoms in total. The smallest absolute Gasteiger partial charge is 0.292 e. The molecular formula is C22H17Cl2N3O3. The minimum absolute atomic E-state index is 0.175. The molecule has 2 aromatic carbocycles. The fraction of sp³-hybridized carbons (Fsp3) is 0.0909. The summed E-state index contributed by atoms with van der Waals surface area (Å²) in [7, 11) is 0. The van der Waals surface area contributed by atoms with Crippen LogP contribution in [0, 0.1) is 0 Å². The van der Waals surface area contributed by atoms with Crippen molar-refractivity contribution in [2.45, 2.75) is 13.2 Å². The summed E-state index contributed by atoms with van der Waals surface area (Å²) >= 11 is 11.9. The summed E-state index contributed by atoms with van der Waals surface area (Å²) < 4.78 is 12.9. The van der Waals surface area contributed by atoms with E-state index in [1.54, 1.807) is 53.3 Å². The van der Waals surface area contributed by atoms with Crippen molar-refractivity contribution in [3.8, 4) is 5.75 Å². The van der Waals surface area contributed by atoms with Gasteiger partial charge in [0.2, 0.25) is 0 Å². The number of amides is 1. The Morgan fingerprint density at radius 2 is 1.87 bits per heavy atom. The number of halogens is 2. The predicted molar refractivity (Wildman–Crippen MR) is 115 cm³/mol. The van der Waals surface area contributed by atoms with E-state index < -0.39 is 0 Å². The fourth-order valence-electron chi connectivity index (χ4n) is 2.78. The molecule has 152 valence electrons. The molecule has 0 aliphatic heterocycles. The molecule has 2 heterocycles. The Balaban J connectivity index is 1.33. The molecule has 0 atom stereocenters. The Morgan fingerprint density at radius 1 is 1.03 bits per heavy atom. The number of carbonyl (C=O) groups excluding carboxylic acids is 1. The zero-order valence-corrected chi connectivity index (χ0v) is 17.2. The molecule has 0 spiro atoms. The number of carbonyl (C=O) groups is 1. The van der Waals surface area contributed by atoms with E-state index in [9.17, 15) is 4.79 Å². The van der Waals surface area contributed by atoms with Crippen molar-refractivity contribution in [3.05, 3.63) is 100 Å². The van der Waals surface area contributed by atoms with Crippen molar-refractivity contribution in [3.63, 3.8) is 0 Å². The summed E-state index contributed by atoms with van der Waals surface area (Å²) in [4.78, 5) is 12.4. The number of nitrogens with one attached hydrogen (secondary N) is 1. The van der Waals surface area contributed by atoms with Gasteiger partial charge in [-0.1, -0.05) is 35.3 Å². The standard InChI is InChI=1S/C22H17Cl2N3O3/c23-16-4-6-18(7-5-16)29-14-19-8-9-20(30-19)22(28)25-21-10-11-27(26-21)13-15-2-1-3-17(24)12-15/h1-12H,13-14H2,(H,25,26,28). The zero-order chi connectivity index (χ0) is 20.9. The monoisotopic (exact) mass is 441 g/mol. The Kier molecular flexibility index (Phi) is 6.07. The maximum Gasteiger partial charge on any atom is 0.292 e. The van der Waals surface area contributed by atoms with Crippen LogP contribution in [0.2, 0.25) is 10.0 Å². The van der Waals surface area contributed by atoms with Crippen LogP contribution in [0.25, 0.3) is 0 Å². The van der Waals surface area contributed by atoms with Gasteiger partial charge in [0.05, 0.1) is 6.54 Å². The van der Waals surface area contributed by atoms with Crippen molar-refractivity contribution in [1.29, 1.82) is 0 Å². The molecule has 8 heteroatoms. The molecule has 2 aromatic heterocycles. The van der Waals surface area contributed by atoms with Gasteiger partial charge in [0.25, 0.3) is 5.91 Å². The van der Waals surface area contributed by atoms with Gasteiger partial charge in [0.1, 0.15) is 18.1 Å². The lowest BCUT2D eigenvalue weighted by Crippen LogP contribution is -2.12. The van der Waals surface area contributed by atoms with Gasteiger partial charge < -0.3 is 14.5 Å². The lowest BCUT2D eigenvalue weighted by molar-refractivity contribution is 0.0992. The van der Waals surface area contributed by atoms with Crippen molar-refractivity contribution in [2.24, 2.45) is 0 Å². The molecule has 0 aliphatic carbocycles. The van der Waals surface area contributed by atoms with Crippen LogP contribution < -0.4 is 10.1 Å². The van der Waals surface area contributed by atoms with Gasteiger partial charge in [0, 0.05) is 22.3 Å². The first-order valence-corrected chi connectivity index (χ1v) is 9.87. The first kappa shape index (κ1) is 20.1. The van der Waals surface area contributed by atoms with Gasteiger partial charge in [-0.15, -0.1) is 0 Å². The van der Waals surface area contributed by atoms with E-state index in [0.29, 0.717) is 33.9 Å². The second-order valence-electron chi connectivity index (χ2n) is 6.49. The van der Waals surface area contributed by atoms with Crippen molar-refractivity contribution in [2.75, 3.05) is 5.32 Å². The van der Waals surface area contributed by atoms with Crippen molar-refractivity contribution >= 4 is 34.9 Å². The molecule has 1 amide bonds. The Morgan fingerprint density at radius 3 is 2.67 bits per heavy atom. The molecule has 0 unspecified atom stereocenters. The zero-order valence-electron chi connectivity index (χ0n) is 15.7. The highest BCUT2D eigenvalue weighted by Crippen LogP contribution is 2.18. The molecule has 0 saturated carbocycles. The van der Waals surface area contributed by atoms with E-state index in [1.165, 1.54) is 0 Å². The third-order valence-electron chi connectivity index (χ3n) is 4.20. The summed E-state index contributed by atoms with van der Waals surface area (Å²) in [6, 6.07) is 19.6. The summed E-state index contributed by atoms with van der Waals surface area (Å²) in [5.41, 5.74) is 1.01. The predicted octanol–water partition coefficient (Wildman–Crippen LogP) is 5.66. The van der Waals surface area contributed by atoms with E-state index in [0.717, 1.165) is 5.56 Å². The quantitative estimate of drug-likeness (QED) is 0.401. The lowest BCUT2D eigenvalue weighted by Gasteiger charge is -2.04. The average molecular weight is 442 g/mol. The highest BCUT2D eigenvalue weighted by molar-refractivity contribution is 6.30. The summed E-state index contributed by atoms with van der Waals surface area (Å²) in [6.45, 7) is 0.743. The third-order valence-corrected chi connectivity index (χ3v) is 4.68. The van der Waals surface area contributed by atoms with E-state index in [2.05, 4.69) is 10.4 Å². The number of anilines is 1. The van der Waals surface area contributed by atoms with Crippen LogP contribution in [0.1, 0.15) is 21.9 Å². The van der Waals surface area contributed by atoms with Crippen LogP contribution in [-0.4, -0.2) is 15.7 Å². The summed E-state index contributed by atoms with van der Waals surface area (Å²) in [6.07, 6.45) is 1.78. The molecule has 4 rings (SSSR count). The van der Waals surface area contributed by atoms with Gasteiger partial charge in [-0.25, -0.2) is 0 Å². The molecule has 0 bridgehead atoms. The number of ether oxygens (including phenoxy) is 1. The number of rotatable bonds is 7. The number of hydrogen-bond acceptors (Lipinski definition) is 4. The topological polar surface area (TPSA) is 69.3 Å². The third kappa shape index (κ3) is 5.23. The van der Waals surface area contributed by atoms with E-state index >= 15 is 0 Å². The maximum atomic E-state index is 12.4. The van der Waals surface area contributed by atoms with Gasteiger partial charge in [-0.05, 0) is 54.1 Å². The number of hydrogen-bond donors (Lipinski definition) is 1. The minimum atomic E-state index is -0.388. The van der Waals surface area contributed by atoms with Crippen LogP contribution >= 0.6 is 23.2 Å².